The molecule has 3 rings (SSSR count). The van der Waals surface area contributed by atoms with Crippen LogP contribution in [0.15, 0.2) is 76.2 Å². The molecule has 1 heterocycles. The lowest BCUT2D eigenvalue weighted by Crippen LogP contribution is -2.30. The van der Waals surface area contributed by atoms with Crippen LogP contribution in [0.25, 0.3) is 0 Å². The molecule has 0 fully saturated rings. The van der Waals surface area contributed by atoms with Gasteiger partial charge >= 0.3 is 10.1 Å². The van der Waals surface area contributed by atoms with Gasteiger partial charge in [-0.3, -0.25) is 9.59 Å². The van der Waals surface area contributed by atoms with Crippen molar-refractivity contribution in [2.24, 2.45) is 5.92 Å². The van der Waals surface area contributed by atoms with E-state index in [9.17, 15) is 18.0 Å². The molecule has 34 heavy (non-hydrogen) atoms. The van der Waals surface area contributed by atoms with Gasteiger partial charge in [-0.2, -0.15) is 8.42 Å². The van der Waals surface area contributed by atoms with E-state index in [0.717, 1.165) is 5.56 Å². The van der Waals surface area contributed by atoms with Gasteiger partial charge in [0.05, 0.1) is 12.8 Å². The Hall–Kier alpha value is -3.59. The summed E-state index contributed by atoms with van der Waals surface area (Å²) in [7, 11) is -4.05. The van der Waals surface area contributed by atoms with Gasteiger partial charge in [0.2, 0.25) is 11.8 Å². The Labute approximate surface area is 199 Å². The minimum absolute atomic E-state index is 0.0111. The van der Waals surface area contributed by atoms with Crippen molar-refractivity contribution < 1.29 is 26.6 Å². The summed E-state index contributed by atoms with van der Waals surface area (Å²) in [6.07, 6.45) is 1.99. The van der Waals surface area contributed by atoms with Crippen LogP contribution in [0.5, 0.6) is 5.75 Å². The van der Waals surface area contributed by atoms with Crippen LogP contribution in [-0.4, -0.2) is 25.1 Å². The minimum Gasteiger partial charge on any atom is -0.467 e. The first-order chi connectivity index (χ1) is 16.1. The van der Waals surface area contributed by atoms with Crippen LogP contribution in [0.3, 0.4) is 0 Å². The Morgan fingerprint density at radius 2 is 1.68 bits per heavy atom. The largest absolute Gasteiger partial charge is 0.467 e. The third-order valence-electron chi connectivity index (χ3n) is 4.83. The number of rotatable bonds is 10. The molecule has 0 bridgehead atoms. The van der Waals surface area contributed by atoms with Crippen LogP contribution in [-0.2, 0) is 32.8 Å². The zero-order valence-electron chi connectivity index (χ0n) is 19.4. The lowest BCUT2D eigenvalue weighted by atomic mass is 10.1. The zero-order valence-corrected chi connectivity index (χ0v) is 20.2. The van der Waals surface area contributed by atoms with Gasteiger partial charge in [0, 0.05) is 25.6 Å². The normalized spacial score (nSPS) is 11.3. The molecule has 3 aromatic rings. The second kappa shape index (κ2) is 11.0. The van der Waals surface area contributed by atoms with Gasteiger partial charge in [0.15, 0.2) is 0 Å². The monoisotopic (exact) mass is 484 g/mol. The first-order valence-electron chi connectivity index (χ1n) is 10.8. The molecule has 1 N–H and O–H groups in total. The number of furan rings is 1. The summed E-state index contributed by atoms with van der Waals surface area (Å²) in [6, 6.07) is 15.9. The molecule has 1 aromatic heterocycles. The van der Waals surface area contributed by atoms with Crippen molar-refractivity contribution in [2.75, 3.05) is 5.32 Å². The molecule has 0 atom stereocenters. The fourth-order valence-electron chi connectivity index (χ4n) is 3.26. The standard InChI is InChI=1S/C25H28N2O6S/c1-18(2)15-25(29)27(17-23-5-4-14-32-23)16-20-6-10-22(11-7-20)33-34(30,31)24-12-8-21(9-13-24)26-19(3)28/h4-14,18H,15-17H2,1-3H3,(H,26,28). The van der Waals surface area contributed by atoms with E-state index in [1.807, 2.05) is 19.9 Å². The first kappa shape index (κ1) is 25.0. The third kappa shape index (κ3) is 7.21. The molecule has 2 amide bonds. The molecule has 0 saturated heterocycles. The van der Waals surface area contributed by atoms with Gasteiger partial charge in [0.25, 0.3) is 0 Å². The lowest BCUT2D eigenvalue weighted by molar-refractivity contribution is -0.133. The Morgan fingerprint density at radius 3 is 2.24 bits per heavy atom. The van der Waals surface area contributed by atoms with Gasteiger partial charge in [-0.1, -0.05) is 26.0 Å². The Morgan fingerprint density at radius 1 is 1.00 bits per heavy atom. The molecule has 0 aliphatic rings. The highest BCUT2D eigenvalue weighted by Crippen LogP contribution is 2.22. The SMILES string of the molecule is CC(=O)Nc1ccc(S(=O)(=O)Oc2ccc(CN(Cc3ccco3)C(=O)CC(C)C)cc2)cc1. The van der Waals surface area contributed by atoms with E-state index in [1.54, 1.807) is 41.5 Å². The second-order valence-corrected chi connectivity index (χ2v) is 9.86. The van der Waals surface area contributed by atoms with Gasteiger partial charge in [0.1, 0.15) is 16.4 Å². The van der Waals surface area contributed by atoms with Crippen LogP contribution in [0.2, 0.25) is 0 Å². The highest BCUT2D eigenvalue weighted by atomic mass is 32.2. The summed E-state index contributed by atoms with van der Waals surface area (Å²) in [5, 5.41) is 2.58. The maximum atomic E-state index is 12.7. The average molecular weight is 485 g/mol. The van der Waals surface area contributed by atoms with Gasteiger partial charge in [-0.15, -0.1) is 0 Å². The van der Waals surface area contributed by atoms with E-state index in [4.69, 9.17) is 8.60 Å². The quantitative estimate of drug-likeness (QED) is 0.422. The van der Waals surface area contributed by atoms with Gasteiger partial charge < -0.3 is 18.8 Å². The number of carbonyl (C=O) groups excluding carboxylic acids is 2. The maximum Gasteiger partial charge on any atom is 0.339 e. The van der Waals surface area contributed by atoms with E-state index in [1.165, 1.54) is 31.2 Å². The zero-order chi connectivity index (χ0) is 24.7. The van der Waals surface area contributed by atoms with E-state index in [0.29, 0.717) is 31.0 Å². The molecule has 0 unspecified atom stereocenters. The van der Waals surface area contributed by atoms with Crippen LogP contribution in [0.4, 0.5) is 5.69 Å². The van der Waals surface area contributed by atoms with Crippen molar-refractivity contribution in [3.8, 4) is 5.75 Å². The molecule has 0 saturated carbocycles. The van der Waals surface area contributed by atoms with Crippen LogP contribution in [0, 0.1) is 5.92 Å². The third-order valence-corrected chi connectivity index (χ3v) is 6.09. The molecule has 0 aliphatic heterocycles. The first-order valence-corrected chi connectivity index (χ1v) is 12.2. The second-order valence-electron chi connectivity index (χ2n) is 8.31. The van der Waals surface area contributed by atoms with Crippen molar-refractivity contribution in [1.29, 1.82) is 0 Å². The Kier molecular flexibility index (Phi) is 8.12. The van der Waals surface area contributed by atoms with Crippen LogP contribution in [0.1, 0.15) is 38.5 Å². The summed E-state index contributed by atoms with van der Waals surface area (Å²) < 4.78 is 35.8. The lowest BCUT2D eigenvalue weighted by Gasteiger charge is -2.23. The molecule has 9 heteroatoms. The number of carbonyl (C=O) groups is 2. The highest BCUT2D eigenvalue weighted by molar-refractivity contribution is 7.87. The molecular formula is C25H28N2O6S. The van der Waals surface area contributed by atoms with E-state index in [-0.39, 0.29) is 28.4 Å². The number of amides is 2. The van der Waals surface area contributed by atoms with Gasteiger partial charge in [-0.05, 0) is 60.0 Å². The predicted octanol–water partition coefficient (Wildman–Crippen LogP) is 4.58. The fraction of sp³-hybridized carbons (Fsp3) is 0.280. The maximum absolute atomic E-state index is 12.7. The molecule has 180 valence electrons. The summed E-state index contributed by atoms with van der Waals surface area (Å²) in [6.45, 7) is 6.04. The Balaban J connectivity index is 1.68. The van der Waals surface area contributed by atoms with Crippen LogP contribution >= 0.6 is 0 Å². The molecule has 8 nitrogen and oxygen atoms in total. The highest BCUT2D eigenvalue weighted by Gasteiger charge is 2.19. The molecule has 0 spiro atoms. The molecular weight excluding hydrogens is 456 g/mol. The van der Waals surface area contributed by atoms with Crippen LogP contribution < -0.4 is 9.50 Å². The minimum atomic E-state index is -4.05. The number of hydrogen-bond donors (Lipinski definition) is 1. The van der Waals surface area contributed by atoms with E-state index in [2.05, 4.69) is 5.32 Å². The molecule has 0 aliphatic carbocycles. The van der Waals surface area contributed by atoms with Crippen molar-refractivity contribution in [1.82, 2.24) is 4.90 Å². The number of hydrogen-bond acceptors (Lipinski definition) is 6. The smallest absolute Gasteiger partial charge is 0.339 e. The summed E-state index contributed by atoms with van der Waals surface area (Å²) in [5.74, 6) is 0.825. The van der Waals surface area contributed by atoms with E-state index >= 15 is 0 Å². The summed E-state index contributed by atoms with van der Waals surface area (Å²) in [4.78, 5) is 25.5. The van der Waals surface area contributed by atoms with E-state index < -0.39 is 10.1 Å². The van der Waals surface area contributed by atoms with Gasteiger partial charge in [-0.25, -0.2) is 0 Å². The van der Waals surface area contributed by atoms with Crippen molar-refractivity contribution in [2.45, 2.75) is 45.2 Å². The molecule has 0 radical (unpaired) electrons. The number of nitrogens with one attached hydrogen (secondary N) is 1. The van der Waals surface area contributed by atoms with Crippen molar-refractivity contribution in [3.63, 3.8) is 0 Å². The number of nitrogens with zero attached hydrogens (tertiary/aromatic N) is 1. The molecule has 2 aromatic carbocycles. The predicted molar refractivity (Wildman–Crippen MR) is 127 cm³/mol. The van der Waals surface area contributed by atoms with Crippen molar-refractivity contribution in [3.05, 3.63) is 78.3 Å². The summed E-state index contributed by atoms with van der Waals surface area (Å²) >= 11 is 0. The number of anilines is 1. The average Bonchev–Trinajstić information content (AvgIpc) is 3.27. The topological polar surface area (TPSA) is 106 Å². The Bertz CT molecular complexity index is 1200. The van der Waals surface area contributed by atoms with Crippen molar-refractivity contribution >= 4 is 27.6 Å². The number of benzene rings is 2. The fourth-order valence-corrected chi connectivity index (χ4v) is 4.19. The summed E-state index contributed by atoms with van der Waals surface area (Å²) in [5.41, 5.74) is 1.31.